The SMILES string of the molecule is Cc1c(F)cc(CCl)cc1S(=O)(=O)N1CCOC(C)(C)C1. The second-order valence-corrected chi connectivity index (χ2v) is 7.95. The Morgan fingerprint density at radius 3 is 2.67 bits per heavy atom. The van der Waals surface area contributed by atoms with Crippen LogP contribution in [0.2, 0.25) is 0 Å². The number of alkyl halides is 1. The number of halogens is 2. The fourth-order valence-electron chi connectivity index (χ4n) is 2.37. The Labute approximate surface area is 129 Å². The van der Waals surface area contributed by atoms with Crippen LogP contribution in [0.5, 0.6) is 0 Å². The van der Waals surface area contributed by atoms with Gasteiger partial charge in [-0.3, -0.25) is 0 Å². The summed E-state index contributed by atoms with van der Waals surface area (Å²) in [5.41, 5.74) is 0.0148. The van der Waals surface area contributed by atoms with Crippen molar-refractivity contribution >= 4 is 21.6 Å². The van der Waals surface area contributed by atoms with Crippen molar-refractivity contribution in [1.82, 2.24) is 4.31 Å². The summed E-state index contributed by atoms with van der Waals surface area (Å²) in [6.45, 7) is 5.95. The van der Waals surface area contributed by atoms with E-state index in [0.29, 0.717) is 12.2 Å². The molecular weight excluding hydrogens is 317 g/mol. The van der Waals surface area contributed by atoms with E-state index in [1.54, 1.807) is 0 Å². The Bertz CT molecular complexity index is 646. The van der Waals surface area contributed by atoms with Crippen molar-refractivity contribution < 1.29 is 17.5 Å². The average molecular weight is 336 g/mol. The van der Waals surface area contributed by atoms with Crippen molar-refractivity contribution in [3.8, 4) is 0 Å². The van der Waals surface area contributed by atoms with Gasteiger partial charge in [0.15, 0.2) is 0 Å². The lowest BCUT2D eigenvalue weighted by Crippen LogP contribution is -2.50. The fourth-order valence-corrected chi connectivity index (χ4v) is 4.38. The lowest BCUT2D eigenvalue weighted by molar-refractivity contribution is -0.0640. The molecule has 1 aromatic rings. The van der Waals surface area contributed by atoms with E-state index in [9.17, 15) is 12.8 Å². The highest BCUT2D eigenvalue weighted by molar-refractivity contribution is 7.89. The Morgan fingerprint density at radius 1 is 1.43 bits per heavy atom. The first kappa shape index (κ1) is 16.7. The van der Waals surface area contributed by atoms with Crippen LogP contribution in [-0.4, -0.2) is 38.0 Å². The maximum atomic E-state index is 13.9. The molecule has 1 fully saturated rings. The van der Waals surface area contributed by atoms with Gasteiger partial charge in [0.25, 0.3) is 0 Å². The molecule has 0 amide bonds. The topological polar surface area (TPSA) is 46.6 Å². The van der Waals surface area contributed by atoms with Crippen molar-refractivity contribution in [2.24, 2.45) is 0 Å². The number of ether oxygens (including phenoxy) is 1. The summed E-state index contributed by atoms with van der Waals surface area (Å²) in [7, 11) is -3.76. The maximum absolute atomic E-state index is 13.9. The van der Waals surface area contributed by atoms with Gasteiger partial charge in [0.05, 0.1) is 17.1 Å². The van der Waals surface area contributed by atoms with Crippen molar-refractivity contribution in [2.75, 3.05) is 19.7 Å². The van der Waals surface area contributed by atoms with E-state index >= 15 is 0 Å². The van der Waals surface area contributed by atoms with Crippen LogP contribution < -0.4 is 0 Å². The van der Waals surface area contributed by atoms with Crippen molar-refractivity contribution in [3.05, 3.63) is 29.1 Å². The highest BCUT2D eigenvalue weighted by Crippen LogP contribution is 2.28. The Kier molecular flexibility index (Phi) is 4.63. The smallest absolute Gasteiger partial charge is 0.243 e. The van der Waals surface area contributed by atoms with Crippen molar-refractivity contribution in [3.63, 3.8) is 0 Å². The van der Waals surface area contributed by atoms with Gasteiger partial charge in [0, 0.05) is 24.5 Å². The zero-order valence-electron chi connectivity index (χ0n) is 12.3. The van der Waals surface area contributed by atoms with E-state index in [1.165, 1.54) is 23.4 Å². The standard InChI is InChI=1S/C14H19ClFNO3S/c1-10-12(16)6-11(8-15)7-13(10)21(18,19)17-4-5-20-14(2,3)9-17/h6-7H,4-5,8-9H2,1-3H3. The third-order valence-electron chi connectivity index (χ3n) is 3.52. The minimum absolute atomic E-state index is 0.0177. The average Bonchev–Trinajstić information content (AvgIpc) is 2.40. The molecule has 4 nitrogen and oxygen atoms in total. The lowest BCUT2D eigenvalue weighted by Gasteiger charge is -2.37. The summed E-state index contributed by atoms with van der Waals surface area (Å²) >= 11 is 5.71. The molecule has 0 aromatic heterocycles. The van der Waals surface area contributed by atoms with Crippen LogP contribution in [0.15, 0.2) is 17.0 Å². The number of sulfonamides is 1. The summed E-state index contributed by atoms with van der Waals surface area (Å²) in [5.74, 6) is -0.492. The van der Waals surface area contributed by atoms with Gasteiger partial charge in [-0.15, -0.1) is 11.6 Å². The molecule has 1 aliphatic heterocycles. The van der Waals surface area contributed by atoms with Gasteiger partial charge < -0.3 is 4.74 Å². The molecule has 0 aliphatic carbocycles. The van der Waals surface area contributed by atoms with E-state index < -0.39 is 21.4 Å². The molecule has 0 spiro atoms. The molecule has 1 aliphatic rings. The largest absolute Gasteiger partial charge is 0.373 e. The zero-order chi connectivity index (χ0) is 15.8. The molecule has 0 N–H and O–H groups in total. The van der Waals surface area contributed by atoms with Crippen LogP contribution in [0.3, 0.4) is 0 Å². The highest BCUT2D eigenvalue weighted by atomic mass is 35.5. The van der Waals surface area contributed by atoms with Gasteiger partial charge in [0.2, 0.25) is 10.0 Å². The molecule has 7 heteroatoms. The van der Waals surface area contributed by atoms with Gasteiger partial charge >= 0.3 is 0 Å². The number of nitrogens with zero attached hydrogens (tertiary/aromatic N) is 1. The van der Waals surface area contributed by atoms with Gasteiger partial charge in [-0.05, 0) is 38.5 Å². The fraction of sp³-hybridized carbons (Fsp3) is 0.571. The van der Waals surface area contributed by atoms with E-state index in [0.717, 1.165) is 0 Å². The van der Waals surface area contributed by atoms with Crippen LogP contribution >= 0.6 is 11.6 Å². The van der Waals surface area contributed by atoms with Crippen LogP contribution in [-0.2, 0) is 20.6 Å². The van der Waals surface area contributed by atoms with Crippen molar-refractivity contribution in [2.45, 2.75) is 37.1 Å². The monoisotopic (exact) mass is 335 g/mol. The number of morpholine rings is 1. The minimum atomic E-state index is -3.76. The zero-order valence-corrected chi connectivity index (χ0v) is 13.9. The lowest BCUT2D eigenvalue weighted by atomic mass is 10.1. The Balaban J connectivity index is 2.47. The molecule has 2 rings (SSSR count). The van der Waals surface area contributed by atoms with E-state index in [1.807, 2.05) is 13.8 Å². The summed E-state index contributed by atoms with van der Waals surface area (Å²) in [6.07, 6.45) is 0. The molecule has 21 heavy (non-hydrogen) atoms. The van der Waals surface area contributed by atoms with Crippen molar-refractivity contribution in [1.29, 1.82) is 0 Å². The van der Waals surface area contributed by atoms with E-state index in [4.69, 9.17) is 16.3 Å². The van der Waals surface area contributed by atoms with Gasteiger partial charge in [-0.1, -0.05) is 0 Å². The summed E-state index contributed by atoms with van der Waals surface area (Å²) < 4.78 is 46.3. The summed E-state index contributed by atoms with van der Waals surface area (Å²) in [4.78, 5) is -0.0177. The highest BCUT2D eigenvalue weighted by Gasteiger charge is 2.36. The van der Waals surface area contributed by atoms with Gasteiger partial charge in [-0.25, -0.2) is 12.8 Å². The molecule has 0 atom stereocenters. The minimum Gasteiger partial charge on any atom is -0.373 e. The predicted molar refractivity (Wildman–Crippen MR) is 79.5 cm³/mol. The Morgan fingerprint density at radius 2 is 2.10 bits per heavy atom. The first-order chi connectivity index (χ1) is 9.67. The molecule has 0 saturated carbocycles. The maximum Gasteiger partial charge on any atom is 0.243 e. The second-order valence-electron chi connectivity index (χ2n) is 5.78. The molecule has 1 aromatic carbocycles. The molecular formula is C14H19ClFNO3S. The van der Waals surface area contributed by atoms with Crippen LogP contribution in [0.1, 0.15) is 25.0 Å². The normalized spacial score (nSPS) is 19.7. The molecule has 0 bridgehead atoms. The molecule has 1 saturated heterocycles. The molecule has 0 radical (unpaired) electrons. The van der Waals surface area contributed by atoms with Gasteiger partial charge in [0.1, 0.15) is 5.82 Å². The molecule has 1 heterocycles. The van der Waals surface area contributed by atoms with Crippen LogP contribution in [0.4, 0.5) is 4.39 Å². The van der Waals surface area contributed by atoms with E-state index in [2.05, 4.69) is 0 Å². The summed E-state index contributed by atoms with van der Waals surface area (Å²) in [5, 5.41) is 0. The first-order valence-corrected chi connectivity index (χ1v) is 8.64. The van der Waals surface area contributed by atoms with Crippen LogP contribution in [0.25, 0.3) is 0 Å². The number of rotatable bonds is 3. The third kappa shape index (κ3) is 3.39. The second kappa shape index (κ2) is 5.83. The van der Waals surface area contributed by atoms with Crippen LogP contribution in [0, 0.1) is 12.7 Å². The predicted octanol–water partition coefficient (Wildman–Crippen LogP) is 2.67. The number of benzene rings is 1. The first-order valence-electron chi connectivity index (χ1n) is 6.66. The number of hydrogen-bond donors (Lipinski definition) is 0. The molecule has 118 valence electrons. The quantitative estimate of drug-likeness (QED) is 0.798. The van der Waals surface area contributed by atoms with Gasteiger partial charge in [-0.2, -0.15) is 4.31 Å². The number of hydrogen-bond acceptors (Lipinski definition) is 3. The molecule has 0 unspecified atom stereocenters. The summed E-state index contributed by atoms with van der Waals surface area (Å²) in [6, 6.07) is 2.72. The van der Waals surface area contributed by atoms with E-state index in [-0.39, 0.29) is 29.4 Å². The third-order valence-corrected chi connectivity index (χ3v) is 5.80. The Hall–Kier alpha value is -0.690.